The van der Waals surface area contributed by atoms with Crippen molar-refractivity contribution in [2.24, 2.45) is 11.5 Å². The lowest BCUT2D eigenvalue weighted by Gasteiger charge is -2.06. The van der Waals surface area contributed by atoms with E-state index in [2.05, 4.69) is 4.85 Å². The molecule has 0 fully saturated rings. The van der Waals surface area contributed by atoms with Gasteiger partial charge in [-0.1, -0.05) is 48.0 Å². The highest BCUT2D eigenvalue weighted by Crippen LogP contribution is 2.14. The van der Waals surface area contributed by atoms with Crippen molar-refractivity contribution in [2.75, 3.05) is 0 Å². The van der Waals surface area contributed by atoms with Gasteiger partial charge in [-0.15, -0.1) is 0 Å². The van der Waals surface area contributed by atoms with Gasteiger partial charge in [-0.2, -0.15) is 27.0 Å². The number of nitrogens with zero attached hydrogens (tertiary/aromatic N) is 1. The predicted octanol–water partition coefficient (Wildman–Crippen LogP) is 2.20. The molecule has 2 aromatic rings. The Kier molecular flexibility index (Phi) is 14.2. The maximum atomic E-state index is 13.0. The van der Waals surface area contributed by atoms with E-state index in [0.29, 0.717) is 11.3 Å². The molecule has 0 aliphatic carbocycles. The second kappa shape index (κ2) is 14.4. The van der Waals surface area contributed by atoms with Crippen molar-refractivity contribution >= 4 is 44.6 Å². The van der Waals surface area contributed by atoms with E-state index in [1.165, 1.54) is 12.1 Å². The van der Waals surface area contributed by atoms with E-state index in [4.69, 9.17) is 28.3 Å². The summed E-state index contributed by atoms with van der Waals surface area (Å²) in [5.74, 6) is -2.57. The highest BCUT2D eigenvalue weighted by atomic mass is 32.1. The Morgan fingerprint density at radius 2 is 1.52 bits per heavy atom. The van der Waals surface area contributed by atoms with Gasteiger partial charge in [0.15, 0.2) is 5.69 Å². The standard InChI is InChI=1S/C10H10N2O2.C9H10FNO2.2H2S/c1-12-8-4-2-3-7(5-8)6-9(11)10(13)14;10-7-4-2-1-3-6(7)5-8(11)9(12)13;;/h2-5,9H,6,11H2,(H,13,14);1-4,8H,5,11H2,(H,12,13);2*1H2/t9-;8-;;/m00../s1. The van der Waals surface area contributed by atoms with Crippen LogP contribution in [0.5, 0.6) is 0 Å². The van der Waals surface area contributed by atoms with Crippen LogP contribution in [0.2, 0.25) is 0 Å². The van der Waals surface area contributed by atoms with Crippen LogP contribution in [0, 0.1) is 12.4 Å². The summed E-state index contributed by atoms with van der Waals surface area (Å²) >= 11 is 0. The molecule has 0 radical (unpaired) electrons. The first-order valence-corrected chi connectivity index (χ1v) is 7.91. The highest BCUT2D eigenvalue weighted by molar-refractivity contribution is 7.59. The highest BCUT2D eigenvalue weighted by Gasteiger charge is 2.14. The van der Waals surface area contributed by atoms with Gasteiger partial charge in [0.25, 0.3) is 0 Å². The molecule has 6 N–H and O–H groups in total. The van der Waals surface area contributed by atoms with Crippen molar-refractivity contribution in [3.63, 3.8) is 0 Å². The Bertz CT molecular complexity index is 846. The quantitative estimate of drug-likeness (QED) is 0.508. The second-order valence-corrected chi connectivity index (χ2v) is 5.67. The lowest BCUT2D eigenvalue weighted by Crippen LogP contribution is -2.32. The molecule has 0 amide bonds. The molecule has 7 nitrogen and oxygen atoms in total. The minimum atomic E-state index is -1.12. The number of nitrogens with two attached hydrogens (primary N) is 2. The average molecular weight is 442 g/mol. The van der Waals surface area contributed by atoms with Crippen molar-refractivity contribution in [3.8, 4) is 0 Å². The molecule has 0 saturated heterocycles. The van der Waals surface area contributed by atoms with Gasteiger partial charge in [-0.3, -0.25) is 9.59 Å². The predicted molar refractivity (Wildman–Crippen MR) is 118 cm³/mol. The number of hydrogen-bond acceptors (Lipinski definition) is 4. The van der Waals surface area contributed by atoms with Crippen molar-refractivity contribution in [1.82, 2.24) is 0 Å². The molecule has 10 heteroatoms. The van der Waals surface area contributed by atoms with Crippen LogP contribution >= 0.6 is 27.0 Å². The van der Waals surface area contributed by atoms with Gasteiger partial charge in [-0.25, -0.2) is 9.24 Å². The lowest BCUT2D eigenvalue weighted by molar-refractivity contribution is -0.139. The normalized spacial score (nSPS) is 11.2. The monoisotopic (exact) mass is 441 g/mol. The summed E-state index contributed by atoms with van der Waals surface area (Å²) in [5.41, 5.74) is 12.2. The average Bonchev–Trinajstić information content (AvgIpc) is 2.64. The van der Waals surface area contributed by atoms with E-state index in [1.54, 1.807) is 36.4 Å². The molecule has 158 valence electrons. The maximum Gasteiger partial charge on any atom is 0.320 e. The Morgan fingerprint density at radius 3 is 2.03 bits per heavy atom. The van der Waals surface area contributed by atoms with Crippen LogP contribution in [0.3, 0.4) is 0 Å². The van der Waals surface area contributed by atoms with Gasteiger partial charge in [0, 0.05) is 6.42 Å². The van der Waals surface area contributed by atoms with E-state index in [-0.39, 0.29) is 39.8 Å². The smallest absolute Gasteiger partial charge is 0.320 e. The third-order valence-electron chi connectivity index (χ3n) is 3.53. The van der Waals surface area contributed by atoms with Crippen molar-refractivity contribution < 1.29 is 24.2 Å². The number of halogens is 1. The summed E-state index contributed by atoms with van der Waals surface area (Å²) in [6.07, 6.45) is 0.265. The fourth-order valence-corrected chi connectivity index (χ4v) is 2.08. The molecule has 0 spiro atoms. The number of carboxylic acid groups (broad SMARTS) is 2. The van der Waals surface area contributed by atoms with Crippen LogP contribution in [0.25, 0.3) is 4.85 Å². The minimum absolute atomic E-state index is 0. The molecule has 0 aromatic heterocycles. The summed E-state index contributed by atoms with van der Waals surface area (Å²) in [6, 6.07) is 10.8. The van der Waals surface area contributed by atoms with Crippen molar-refractivity contribution in [1.29, 1.82) is 0 Å². The first-order chi connectivity index (χ1) is 12.7. The number of carboxylic acids is 2. The minimum Gasteiger partial charge on any atom is -0.480 e. The molecule has 0 bridgehead atoms. The molecule has 2 atom stereocenters. The van der Waals surface area contributed by atoms with Crippen LogP contribution in [0.1, 0.15) is 11.1 Å². The van der Waals surface area contributed by atoms with E-state index in [1.807, 2.05) is 0 Å². The van der Waals surface area contributed by atoms with Crippen molar-refractivity contribution in [2.45, 2.75) is 24.9 Å². The largest absolute Gasteiger partial charge is 0.480 e. The van der Waals surface area contributed by atoms with E-state index in [9.17, 15) is 14.0 Å². The zero-order chi connectivity index (χ0) is 20.4. The Labute approximate surface area is 182 Å². The van der Waals surface area contributed by atoms with Crippen LogP contribution in [-0.4, -0.2) is 34.2 Å². The number of aliphatic carboxylic acids is 2. The van der Waals surface area contributed by atoms with Gasteiger partial charge in [0.1, 0.15) is 17.9 Å². The second-order valence-electron chi connectivity index (χ2n) is 5.67. The summed E-state index contributed by atoms with van der Waals surface area (Å²) in [6.45, 7) is 6.78. The summed E-state index contributed by atoms with van der Waals surface area (Å²) in [5, 5.41) is 17.1. The zero-order valence-electron chi connectivity index (χ0n) is 15.4. The first-order valence-electron chi connectivity index (χ1n) is 7.91. The van der Waals surface area contributed by atoms with Crippen LogP contribution < -0.4 is 11.5 Å². The summed E-state index contributed by atoms with van der Waals surface area (Å²) < 4.78 is 13.0. The molecule has 0 unspecified atom stereocenters. The van der Waals surface area contributed by atoms with E-state index >= 15 is 0 Å². The zero-order valence-corrected chi connectivity index (χ0v) is 17.4. The maximum absolute atomic E-state index is 13.0. The van der Waals surface area contributed by atoms with Crippen LogP contribution in [0.15, 0.2) is 48.5 Å². The van der Waals surface area contributed by atoms with Gasteiger partial charge in [0.05, 0.1) is 6.57 Å². The molecule has 0 aliphatic rings. The Balaban J connectivity index is 0. The van der Waals surface area contributed by atoms with E-state index in [0.717, 1.165) is 5.56 Å². The van der Waals surface area contributed by atoms with Gasteiger partial charge >= 0.3 is 11.9 Å². The summed E-state index contributed by atoms with van der Waals surface area (Å²) in [4.78, 5) is 24.1. The van der Waals surface area contributed by atoms with Crippen molar-refractivity contribution in [3.05, 3.63) is 76.9 Å². The fourth-order valence-electron chi connectivity index (χ4n) is 2.08. The topological polar surface area (TPSA) is 131 Å². The fraction of sp³-hybridized carbons (Fsp3) is 0.211. The first kappa shape index (κ1) is 28.6. The third kappa shape index (κ3) is 10.5. The van der Waals surface area contributed by atoms with Crippen LogP contribution in [0.4, 0.5) is 10.1 Å². The molecular formula is C19H24FN3O4S2. The van der Waals surface area contributed by atoms with Gasteiger partial charge in [0.2, 0.25) is 0 Å². The molecular weight excluding hydrogens is 417 g/mol. The Hall–Kier alpha value is -2.58. The van der Waals surface area contributed by atoms with Crippen LogP contribution in [-0.2, 0) is 22.4 Å². The SMILES string of the molecule is N[C@@H](Cc1ccccc1F)C(=O)O.S.S.[C-]#[N+]c1cccc(C[C@H](N)C(=O)O)c1. The lowest BCUT2D eigenvalue weighted by atomic mass is 10.1. The number of benzene rings is 2. The van der Waals surface area contributed by atoms with Gasteiger partial charge in [-0.05, 0) is 18.1 Å². The number of hydrogen-bond donors (Lipinski definition) is 4. The van der Waals surface area contributed by atoms with Gasteiger partial charge < -0.3 is 21.7 Å². The Morgan fingerprint density at radius 1 is 0.966 bits per heavy atom. The molecule has 0 aliphatic heterocycles. The molecule has 0 saturated carbocycles. The number of rotatable bonds is 6. The number of carbonyl (C=O) groups is 2. The molecule has 2 aromatic carbocycles. The van der Waals surface area contributed by atoms with E-state index < -0.39 is 29.8 Å². The molecule has 2 rings (SSSR count). The molecule has 0 heterocycles. The molecule has 29 heavy (non-hydrogen) atoms. The third-order valence-corrected chi connectivity index (χ3v) is 3.53. The summed E-state index contributed by atoms with van der Waals surface area (Å²) in [7, 11) is 0.